The molecular formula is C14H18O6. The average Bonchev–Trinajstić information content (AvgIpc) is 2.61. The smallest absolute Gasteiger partial charge is 0.347 e. The summed E-state index contributed by atoms with van der Waals surface area (Å²) in [5.41, 5.74) is 0.332. The number of carbonyl (C=O) groups excluding carboxylic acids is 3. The second-order valence-corrected chi connectivity index (χ2v) is 5.38. The normalized spacial score (nSPS) is 32.0. The Labute approximate surface area is 117 Å². The number of cyclic esters (lactones) is 1. The van der Waals surface area contributed by atoms with Gasteiger partial charge in [-0.25, -0.2) is 9.59 Å². The fraction of sp³-hybridized carbons (Fsp3) is 0.643. The summed E-state index contributed by atoms with van der Waals surface area (Å²) in [6.45, 7) is 6.81. The number of hydrogen-bond donors (Lipinski definition) is 0. The predicted octanol–water partition coefficient (Wildman–Crippen LogP) is 1.13. The van der Waals surface area contributed by atoms with E-state index in [1.54, 1.807) is 13.8 Å². The first kappa shape index (κ1) is 14.6. The molecule has 1 saturated carbocycles. The highest BCUT2D eigenvalue weighted by Crippen LogP contribution is 2.32. The molecular weight excluding hydrogens is 264 g/mol. The summed E-state index contributed by atoms with van der Waals surface area (Å²) in [6, 6.07) is 0. The van der Waals surface area contributed by atoms with E-state index in [9.17, 15) is 14.4 Å². The van der Waals surface area contributed by atoms with Crippen molar-refractivity contribution in [3.8, 4) is 0 Å². The Morgan fingerprint density at radius 1 is 1.25 bits per heavy atom. The third kappa shape index (κ3) is 3.18. The van der Waals surface area contributed by atoms with Crippen LogP contribution >= 0.6 is 0 Å². The van der Waals surface area contributed by atoms with Crippen molar-refractivity contribution in [2.24, 2.45) is 5.92 Å². The molecule has 2 aliphatic rings. The van der Waals surface area contributed by atoms with Crippen molar-refractivity contribution in [3.05, 3.63) is 12.2 Å². The molecule has 1 heterocycles. The molecule has 0 aromatic carbocycles. The molecule has 0 N–H and O–H groups in total. The number of hydrogen-bond acceptors (Lipinski definition) is 6. The summed E-state index contributed by atoms with van der Waals surface area (Å²) in [4.78, 5) is 34.4. The minimum Gasteiger partial charge on any atom is -0.460 e. The molecule has 2 fully saturated rings. The van der Waals surface area contributed by atoms with Crippen molar-refractivity contribution in [1.29, 1.82) is 0 Å². The van der Waals surface area contributed by atoms with Gasteiger partial charge in [0, 0.05) is 12.0 Å². The molecule has 0 aromatic rings. The Bertz CT molecular complexity index is 449. The molecule has 2 rings (SSSR count). The van der Waals surface area contributed by atoms with E-state index in [-0.39, 0.29) is 18.1 Å². The number of rotatable bonds is 4. The summed E-state index contributed by atoms with van der Waals surface area (Å²) in [5.74, 6) is -1.68. The van der Waals surface area contributed by atoms with Crippen LogP contribution in [0.2, 0.25) is 0 Å². The zero-order chi connectivity index (χ0) is 14.9. The molecule has 0 amide bonds. The van der Waals surface area contributed by atoms with Gasteiger partial charge in [-0.05, 0) is 26.7 Å². The molecule has 0 bridgehead atoms. The molecule has 0 radical (unpaired) electrons. The lowest BCUT2D eigenvalue weighted by Crippen LogP contribution is -2.40. The maximum atomic E-state index is 11.8. The van der Waals surface area contributed by atoms with Gasteiger partial charge in [-0.1, -0.05) is 6.58 Å². The third-order valence-corrected chi connectivity index (χ3v) is 3.43. The zero-order valence-corrected chi connectivity index (χ0v) is 11.6. The SMILES string of the molecule is C=C(C)C(=O)OC1CC(C(=O)OC2CC(C)OC2=O)C1. The number of carbonyl (C=O) groups is 3. The van der Waals surface area contributed by atoms with Crippen LogP contribution in [0.25, 0.3) is 0 Å². The highest BCUT2D eigenvalue weighted by Gasteiger charge is 2.42. The van der Waals surface area contributed by atoms with Crippen LogP contribution in [0.4, 0.5) is 0 Å². The first-order valence-electron chi connectivity index (χ1n) is 6.64. The van der Waals surface area contributed by atoms with E-state index < -0.39 is 24.0 Å². The molecule has 20 heavy (non-hydrogen) atoms. The Balaban J connectivity index is 1.73. The van der Waals surface area contributed by atoms with Gasteiger partial charge in [0.15, 0.2) is 0 Å². The Hall–Kier alpha value is -1.85. The molecule has 0 spiro atoms. The molecule has 6 heteroatoms. The van der Waals surface area contributed by atoms with Gasteiger partial charge in [0.1, 0.15) is 12.2 Å². The van der Waals surface area contributed by atoms with E-state index in [2.05, 4.69) is 6.58 Å². The first-order valence-corrected chi connectivity index (χ1v) is 6.64. The summed E-state index contributed by atoms with van der Waals surface area (Å²) >= 11 is 0. The molecule has 110 valence electrons. The van der Waals surface area contributed by atoms with Gasteiger partial charge in [-0.15, -0.1) is 0 Å². The lowest BCUT2D eigenvalue weighted by atomic mass is 9.82. The summed E-state index contributed by atoms with van der Waals surface area (Å²) in [6.07, 6.45) is -0.0397. The van der Waals surface area contributed by atoms with Crippen molar-refractivity contribution in [3.63, 3.8) is 0 Å². The standard InChI is InChI=1S/C14H18O6/c1-7(2)12(15)19-10-5-9(6-10)13(16)20-11-4-8(3)18-14(11)17/h8-11H,1,4-6H2,2-3H3. The minimum atomic E-state index is -0.797. The Morgan fingerprint density at radius 2 is 1.90 bits per heavy atom. The average molecular weight is 282 g/mol. The van der Waals surface area contributed by atoms with Crippen LogP contribution in [-0.4, -0.2) is 36.2 Å². The maximum Gasteiger partial charge on any atom is 0.347 e. The molecule has 1 aliphatic carbocycles. The van der Waals surface area contributed by atoms with Gasteiger partial charge < -0.3 is 14.2 Å². The molecule has 2 unspecified atom stereocenters. The van der Waals surface area contributed by atoms with Gasteiger partial charge in [0.05, 0.1) is 5.92 Å². The van der Waals surface area contributed by atoms with E-state index in [0.29, 0.717) is 24.8 Å². The van der Waals surface area contributed by atoms with Crippen LogP contribution in [0.1, 0.15) is 33.1 Å². The van der Waals surface area contributed by atoms with Gasteiger partial charge in [0.25, 0.3) is 0 Å². The minimum absolute atomic E-state index is 0.217. The van der Waals surface area contributed by atoms with Gasteiger partial charge >= 0.3 is 17.9 Å². The largest absolute Gasteiger partial charge is 0.460 e. The zero-order valence-electron chi connectivity index (χ0n) is 11.6. The fourth-order valence-corrected chi connectivity index (χ4v) is 2.16. The molecule has 2 atom stereocenters. The van der Waals surface area contributed by atoms with Gasteiger partial charge in [-0.3, -0.25) is 4.79 Å². The summed E-state index contributed by atoms with van der Waals surface area (Å²) in [5, 5.41) is 0. The second kappa shape index (κ2) is 5.64. The van der Waals surface area contributed by atoms with Crippen LogP contribution in [0.3, 0.4) is 0 Å². The predicted molar refractivity (Wildman–Crippen MR) is 67.5 cm³/mol. The van der Waals surface area contributed by atoms with Gasteiger partial charge in [0.2, 0.25) is 6.10 Å². The molecule has 1 saturated heterocycles. The quantitative estimate of drug-likeness (QED) is 0.437. The summed E-state index contributed by atoms with van der Waals surface area (Å²) < 4.78 is 15.1. The van der Waals surface area contributed by atoms with Crippen molar-refractivity contribution in [1.82, 2.24) is 0 Å². The van der Waals surface area contributed by atoms with E-state index >= 15 is 0 Å². The topological polar surface area (TPSA) is 78.9 Å². The van der Waals surface area contributed by atoms with Crippen LogP contribution in [0.5, 0.6) is 0 Å². The molecule has 0 aromatic heterocycles. The molecule has 6 nitrogen and oxygen atoms in total. The van der Waals surface area contributed by atoms with Crippen molar-refractivity contribution < 1.29 is 28.6 Å². The highest BCUT2D eigenvalue weighted by molar-refractivity contribution is 5.87. The van der Waals surface area contributed by atoms with Crippen molar-refractivity contribution >= 4 is 17.9 Å². The number of ether oxygens (including phenoxy) is 3. The fourth-order valence-electron chi connectivity index (χ4n) is 2.16. The lowest BCUT2D eigenvalue weighted by Gasteiger charge is -2.33. The second-order valence-electron chi connectivity index (χ2n) is 5.38. The highest BCUT2D eigenvalue weighted by atomic mass is 16.6. The molecule has 1 aliphatic heterocycles. The van der Waals surface area contributed by atoms with E-state index in [0.717, 1.165) is 0 Å². The van der Waals surface area contributed by atoms with Crippen molar-refractivity contribution in [2.75, 3.05) is 0 Å². The van der Waals surface area contributed by atoms with Gasteiger partial charge in [-0.2, -0.15) is 0 Å². The van der Waals surface area contributed by atoms with E-state index in [1.807, 2.05) is 0 Å². The van der Waals surface area contributed by atoms with Crippen LogP contribution in [-0.2, 0) is 28.6 Å². The Kier molecular flexibility index (Phi) is 4.11. The monoisotopic (exact) mass is 282 g/mol. The van der Waals surface area contributed by atoms with Crippen molar-refractivity contribution in [2.45, 2.75) is 51.4 Å². The van der Waals surface area contributed by atoms with E-state index in [4.69, 9.17) is 14.2 Å². The van der Waals surface area contributed by atoms with E-state index in [1.165, 1.54) is 0 Å². The number of esters is 3. The summed E-state index contributed by atoms with van der Waals surface area (Å²) in [7, 11) is 0. The Morgan fingerprint density at radius 3 is 2.40 bits per heavy atom. The van der Waals surface area contributed by atoms with Crippen LogP contribution < -0.4 is 0 Å². The first-order chi connectivity index (χ1) is 9.36. The van der Waals surface area contributed by atoms with Crippen LogP contribution in [0.15, 0.2) is 12.2 Å². The lowest BCUT2D eigenvalue weighted by molar-refractivity contribution is -0.172. The maximum absolute atomic E-state index is 11.8. The van der Waals surface area contributed by atoms with Crippen LogP contribution in [0, 0.1) is 5.92 Å². The third-order valence-electron chi connectivity index (χ3n) is 3.43.